The van der Waals surface area contributed by atoms with Gasteiger partial charge in [-0.2, -0.15) is 4.98 Å². The van der Waals surface area contributed by atoms with Crippen LogP contribution in [0.3, 0.4) is 0 Å². The van der Waals surface area contributed by atoms with E-state index in [9.17, 15) is 4.79 Å². The Kier molecular flexibility index (Phi) is 5.49. The lowest BCUT2D eigenvalue weighted by molar-refractivity contribution is 0.0216. The highest BCUT2D eigenvalue weighted by atomic mass is 79.9. The Bertz CT molecular complexity index is 864. The largest absolute Gasteiger partial charge is 0.493 e. The first-order chi connectivity index (χ1) is 12.6. The number of carbonyl (C=O) groups excluding carboxylic acids is 1. The standard InChI is InChI=1S/C18H23BrClN3O4/c1-10-9-22(17(24)27-18(2,3)4)6-7-23(10)16-21-13-14(26-16)11(19)8-12(20)15(13)25-5/h8,10H,6-7,9H2,1-5H3. The minimum Gasteiger partial charge on any atom is -0.493 e. The number of nitrogens with zero attached hydrogens (tertiary/aromatic N) is 3. The van der Waals surface area contributed by atoms with Gasteiger partial charge in [-0.05, 0) is 49.7 Å². The topological polar surface area (TPSA) is 68.0 Å². The summed E-state index contributed by atoms with van der Waals surface area (Å²) in [4.78, 5) is 20.7. The van der Waals surface area contributed by atoms with Crippen LogP contribution in [0, 0.1) is 0 Å². The predicted octanol–water partition coefficient (Wildman–Crippen LogP) is 4.70. The molecule has 27 heavy (non-hydrogen) atoms. The van der Waals surface area contributed by atoms with Crippen molar-refractivity contribution in [2.75, 3.05) is 31.6 Å². The van der Waals surface area contributed by atoms with E-state index in [-0.39, 0.29) is 12.1 Å². The molecule has 1 saturated heterocycles. The predicted molar refractivity (Wildman–Crippen MR) is 108 cm³/mol. The first-order valence-electron chi connectivity index (χ1n) is 8.68. The van der Waals surface area contributed by atoms with E-state index in [1.807, 2.05) is 32.6 Å². The fraction of sp³-hybridized carbons (Fsp3) is 0.556. The van der Waals surface area contributed by atoms with E-state index in [0.29, 0.717) is 52.0 Å². The maximum atomic E-state index is 12.3. The lowest BCUT2D eigenvalue weighted by Gasteiger charge is -2.39. The van der Waals surface area contributed by atoms with Gasteiger partial charge in [0.05, 0.1) is 16.6 Å². The Hall–Kier alpha value is -1.67. The summed E-state index contributed by atoms with van der Waals surface area (Å²) in [6, 6.07) is 2.21. The Balaban J connectivity index is 1.82. The second kappa shape index (κ2) is 7.39. The van der Waals surface area contributed by atoms with Crippen molar-refractivity contribution in [1.82, 2.24) is 9.88 Å². The van der Waals surface area contributed by atoms with Crippen molar-refractivity contribution >= 4 is 50.7 Å². The zero-order valence-corrected chi connectivity index (χ0v) is 18.3. The van der Waals surface area contributed by atoms with Crippen LogP contribution in [0.1, 0.15) is 27.7 Å². The SMILES string of the molecule is COc1c(Cl)cc(Br)c2oc(N3CCN(C(=O)OC(C)(C)C)CC3C)nc12. The number of aromatic nitrogens is 1. The highest BCUT2D eigenvalue weighted by Gasteiger charge is 2.32. The number of hydrogen-bond acceptors (Lipinski definition) is 6. The van der Waals surface area contributed by atoms with Crippen LogP contribution in [0.5, 0.6) is 5.75 Å². The summed E-state index contributed by atoms with van der Waals surface area (Å²) < 4.78 is 17.5. The van der Waals surface area contributed by atoms with Gasteiger partial charge in [-0.25, -0.2) is 4.79 Å². The van der Waals surface area contributed by atoms with Crippen molar-refractivity contribution in [2.45, 2.75) is 39.3 Å². The Morgan fingerprint density at radius 3 is 2.70 bits per heavy atom. The highest BCUT2D eigenvalue weighted by molar-refractivity contribution is 9.10. The Labute approximate surface area is 171 Å². The summed E-state index contributed by atoms with van der Waals surface area (Å²) >= 11 is 9.69. The minimum absolute atomic E-state index is 0.0135. The number of methoxy groups -OCH3 is 1. The third kappa shape index (κ3) is 4.11. The number of hydrogen-bond donors (Lipinski definition) is 0. The number of halogens is 2. The molecule has 2 heterocycles. The first kappa shape index (κ1) is 20.1. The van der Waals surface area contributed by atoms with Crippen LogP contribution in [0.15, 0.2) is 15.0 Å². The molecule has 148 valence electrons. The molecule has 1 fully saturated rings. The van der Waals surface area contributed by atoms with Gasteiger partial charge >= 0.3 is 6.09 Å². The molecule has 1 amide bonds. The maximum Gasteiger partial charge on any atom is 0.410 e. The van der Waals surface area contributed by atoms with Crippen molar-refractivity contribution in [3.63, 3.8) is 0 Å². The zero-order valence-electron chi connectivity index (χ0n) is 16.0. The zero-order chi connectivity index (χ0) is 19.9. The number of carbonyl (C=O) groups is 1. The van der Waals surface area contributed by atoms with Crippen LogP contribution in [-0.4, -0.2) is 54.4 Å². The molecule has 0 N–H and O–H groups in total. The second-order valence-corrected chi connectivity index (χ2v) is 8.78. The van der Waals surface area contributed by atoms with Crippen molar-refractivity contribution < 1.29 is 18.7 Å². The number of amides is 1. The van der Waals surface area contributed by atoms with Gasteiger partial charge in [0.25, 0.3) is 6.01 Å². The van der Waals surface area contributed by atoms with Gasteiger partial charge in [-0.3, -0.25) is 0 Å². The van der Waals surface area contributed by atoms with E-state index in [1.54, 1.807) is 18.1 Å². The molecular weight excluding hydrogens is 438 g/mol. The fourth-order valence-corrected chi connectivity index (χ4v) is 3.94. The smallest absolute Gasteiger partial charge is 0.410 e. The van der Waals surface area contributed by atoms with Crippen LogP contribution >= 0.6 is 27.5 Å². The van der Waals surface area contributed by atoms with Crippen LogP contribution in [0.25, 0.3) is 11.1 Å². The van der Waals surface area contributed by atoms with E-state index in [2.05, 4.69) is 20.9 Å². The fourth-order valence-electron chi connectivity index (χ4n) is 3.03. The van der Waals surface area contributed by atoms with E-state index >= 15 is 0 Å². The molecule has 1 aliphatic heterocycles. The summed E-state index contributed by atoms with van der Waals surface area (Å²) in [5.74, 6) is 0.477. The van der Waals surface area contributed by atoms with Crippen molar-refractivity contribution in [3.05, 3.63) is 15.6 Å². The third-order valence-corrected chi connectivity index (χ3v) is 5.12. The van der Waals surface area contributed by atoms with Gasteiger partial charge in [0.2, 0.25) is 0 Å². The van der Waals surface area contributed by atoms with Gasteiger partial charge < -0.3 is 23.7 Å². The molecule has 0 bridgehead atoms. The summed E-state index contributed by atoms with van der Waals surface area (Å²) in [5.41, 5.74) is 0.626. The number of piperazine rings is 1. The molecule has 1 unspecified atom stereocenters. The molecule has 1 aromatic heterocycles. The number of rotatable bonds is 2. The second-order valence-electron chi connectivity index (χ2n) is 7.52. The lowest BCUT2D eigenvalue weighted by Crippen LogP contribution is -2.54. The average molecular weight is 461 g/mol. The van der Waals surface area contributed by atoms with Crippen molar-refractivity contribution in [3.8, 4) is 5.75 Å². The molecule has 7 nitrogen and oxygen atoms in total. The van der Waals surface area contributed by atoms with E-state index in [4.69, 9.17) is 25.5 Å². The highest BCUT2D eigenvalue weighted by Crippen LogP contribution is 2.40. The summed E-state index contributed by atoms with van der Waals surface area (Å²) in [6.45, 7) is 9.23. The molecule has 2 aromatic rings. The average Bonchev–Trinajstić information content (AvgIpc) is 2.98. The quantitative estimate of drug-likeness (QED) is 0.647. The first-order valence-corrected chi connectivity index (χ1v) is 9.85. The number of anilines is 1. The van der Waals surface area contributed by atoms with Gasteiger partial charge in [0.15, 0.2) is 16.8 Å². The Morgan fingerprint density at radius 2 is 2.11 bits per heavy atom. The number of benzene rings is 1. The van der Waals surface area contributed by atoms with Gasteiger partial charge in [0.1, 0.15) is 5.60 Å². The summed E-state index contributed by atoms with van der Waals surface area (Å²) in [5, 5.41) is 0.458. The Morgan fingerprint density at radius 1 is 1.41 bits per heavy atom. The lowest BCUT2D eigenvalue weighted by atomic mass is 10.2. The minimum atomic E-state index is -0.514. The molecule has 0 spiro atoms. The summed E-state index contributed by atoms with van der Waals surface area (Å²) in [7, 11) is 1.55. The number of oxazole rings is 1. The molecule has 0 aliphatic carbocycles. The monoisotopic (exact) mass is 459 g/mol. The molecule has 1 atom stereocenters. The van der Waals surface area contributed by atoms with Crippen molar-refractivity contribution in [2.24, 2.45) is 0 Å². The number of fused-ring (bicyclic) bond motifs is 1. The van der Waals surface area contributed by atoms with Crippen molar-refractivity contribution in [1.29, 1.82) is 0 Å². The van der Waals surface area contributed by atoms with E-state index in [1.165, 1.54) is 0 Å². The molecular formula is C18H23BrClN3O4. The normalized spacial score (nSPS) is 18.1. The molecule has 1 aliphatic rings. The van der Waals surface area contributed by atoms with Gasteiger partial charge in [-0.15, -0.1) is 0 Å². The summed E-state index contributed by atoms with van der Waals surface area (Å²) in [6.07, 6.45) is -0.303. The molecule has 0 radical (unpaired) electrons. The van der Waals surface area contributed by atoms with E-state index < -0.39 is 5.60 Å². The molecule has 3 rings (SSSR count). The van der Waals surface area contributed by atoms with Gasteiger partial charge in [0, 0.05) is 25.7 Å². The van der Waals surface area contributed by atoms with Crippen LogP contribution in [0.2, 0.25) is 5.02 Å². The van der Waals surface area contributed by atoms with Crippen LogP contribution in [0.4, 0.5) is 10.8 Å². The maximum absolute atomic E-state index is 12.3. The number of ether oxygens (including phenoxy) is 2. The third-order valence-electron chi connectivity index (χ3n) is 4.25. The molecule has 9 heteroatoms. The van der Waals surface area contributed by atoms with Gasteiger partial charge in [-0.1, -0.05) is 11.6 Å². The molecule has 1 aromatic carbocycles. The van der Waals surface area contributed by atoms with Crippen LogP contribution in [-0.2, 0) is 4.74 Å². The van der Waals surface area contributed by atoms with Crippen LogP contribution < -0.4 is 9.64 Å². The molecule has 0 saturated carbocycles. The van der Waals surface area contributed by atoms with E-state index in [0.717, 1.165) is 0 Å².